The molecule has 4 nitrogen and oxygen atoms in total. The number of nitrogens with zero attached hydrogens (tertiary/aromatic N) is 1. The Kier molecular flexibility index (Phi) is 2.41. The van der Waals surface area contributed by atoms with Crippen molar-refractivity contribution in [3.05, 3.63) is 42.0 Å². The maximum absolute atomic E-state index is 13.0. The number of anilines is 1. The summed E-state index contributed by atoms with van der Waals surface area (Å²) in [7, 11) is 0. The first-order chi connectivity index (χ1) is 11.1. The molecule has 2 saturated carbocycles. The van der Waals surface area contributed by atoms with E-state index in [1.54, 1.807) is 24.3 Å². The number of hydrogen-bond acceptors (Lipinski definition) is 3. The van der Waals surface area contributed by atoms with Crippen LogP contribution in [0.3, 0.4) is 0 Å². The molecule has 6 rings (SSSR count). The Morgan fingerprint density at radius 1 is 1.04 bits per heavy atom. The molecular weight excluding hydrogens is 290 g/mol. The molecular formula is C19H17NO3. The molecule has 6 atom stereocenters. The molecule has 0 radical (unpaired) electrons. The van der Waals surface area contributed by atoms with Crippen LogP contribution in [0.4, 0.5) is 5.69 Å². The van der Waals surface area contributed by atoms with Gasteiger partial charge in [0.25, 0.3) is 0 Å². The summed E-state index contributed by atoms with van der Waals surface area (Å²) in [5.41, 5.74) is 1.07. The maximum Gasteiger partial charge on any atom is 0.238 e. The third-order valence-electron chi connectivity index (χ3n) is 6.17. The summed E-state index contributed by atoms with van der Waals surface area (Å²) in [5.74, 6) is 1.06. The zero-order chi connectivity index (χ0) is 15.9. The average Bonchev–Trinajstić information content (AvgIpc) is 3.32. The fourth-order valence-electron chi connectivity index (χ4n) is 5.08. The molecule has 0 unspecified atom stereocenters. The molecule has 1 saturated heterocycles. The van der Waals surface area contributed by atoms with Crippen LogP contribution in [0.1, 0.15) is 23.7 Å². The highest BCUT2D eigenvalue weighted by molar-refractivity contribution is 6.23. The molecule has 2 amide bonds. The van der Waals surface area contributed by atoms with Gasteiger partial charge < -0.3 is 0 Å². The van der Waals surface area contributed by atoms with Crippen molar-refractivity contribution < 1.29 is 14.4 Å². The summed E-state index contributed by atoms with van der Waals surface area (Å²) >= 11 is 0. The molecule has 1 aromatic rings. The van der Waals surface area contributed by atoms with Gasteiger partial charge in [-0.25, -0.2) is 4.90 Å². The Morgan fingerprint density at radius 2 is 1.65 bits per heavy atom. The van der Waals surface area contributed by atoms with Gasteiger partial charge >= 0.3 is 0 Å². The predicted molar refractivity (Wildman–Crippen MR) is 83.6 cm³/mol. The average molecular weight is 307 g/mol. The van der Waals surface area contributed by atoms with Crippen LogP contribution in [-0.4, -0.2) is 17.6 Å². The molecule has 0 N–H and O–H groups in total. The first-order valence-electron chi connectivity index (χ1n) is 8.25. The van der Waals surface area contributed by atoms with Crippen molar-refractivity contribution in [1.82, 2.24) is 0 Å². The van der Waals surface area contributed by atoms with E-state index in [9.17, 15) is 14.4 Å². The number of carbonyl (C=O) groups is 3. The summed E-state index contributed by atoms with van der Waals surface area (Å²) in [4.78, 5) is 38.9. The third kappa shape index (κ3) is 1.58. The molecule has 0 spiro atoms. The zero-order valence-electron chi connectivity index (χ0n) is 12.8. The van der Waals surface area contributed by atoms with Gasteiger partial charge in [-0.3, -0.25) is 14.4 Å². The van der Waals surface area contributed by atoms with Gasteiger partial charge in [0, 0.05) is 5.56 Å². The Balaban J connectivity index is 1.57. The number of benzene rings is 1. The highest BCUT2D eigenvalue weighted by Gasteiger charge is 2.67. The lowest BCUT2D eigenvalue weighted by Crippen LogP contribution is -2.40. The fourth-order valence-corrected chi connectivity index (χ4v) is 5.08. The minimum atomic E-state index is -0.192. The molecule has 2 bridgehead atoms. The molecule has 3 fully saturated rings. The van der Waals surface area contributed by atoms with Crippen molar-refractivity contribution in [2.45, 2.75) is 13.3 Å². The fraction of sp³-hybridized carbons (Fsp3) is 0.421. The van der Waals surface area contributed by atoms with E-state index in [0.29, 0.717) is 23.1 Å². The van der Waals surface area contributed by atoms with Crippen LogP contribution in [0.5, 0.6) is 0 Å². The topological polar surface area (TPSA) is 54.5 Å². The van der Waals surface area contributed by atoms with Gasteiger partial charge in [0.05, 0.1) is 17.5 Å². The zero-order valence-corrected chi connectivity index (χ0v) is 12.8. The lowest BCUT2D eigenvalue weighted by atomic mass is 9.63. The molecule has 4 aliphatic carbocycles. The van der Waals surface area contributed by atoms with E-state index in [-0.39, 0.29) is 41.3 Å². The molecule has 0 aromatic heterocycles. The molecule has 5 aliphatic rings. The molecule has 1 heterocycles. The first kappa shape index (κ1) is 13.2. The minimum Gasteiger partial charge on any atom is -0.295 e. The molecule has 1 aliphatic heterocycles. The smallest absolute Gasteiger partial charge is 0.238 e. The van der Waals surface area contributed by atoms with Gasteiger partial charge in [-0.2, -0.15) is 0 Å². The Morgan fingerprint density at radius 3 is 2.22 bits per heavy atom. The second-order valence-electron chi connectivity index (χ2n) is 7.27. The van der Waals surface area contributed by atoms with E-state index in [1.165, 1.54) is 11.8 Å². The summed E-state index contributed by atoms with van der Waals surface area (Å²) in [6.07, 6.45) is 5.50. The largest absolute Gasteiger partial charge is 0.295 e. The van der Waals surface area contributed by atoms with Gasteiger partial charge in [0.2, 0.25) is 11.8 Å². The SMILES string of the molecule is CC(=O)c1cccc(N2C(=O)[C@H]3[C@@H]4C=C[C@H]([C@H]5C[C@H]45)[C@@H]3C2=O)c1. The monoisotopic (exact) mass is 307 g/mol. The highest BCUT2D eigenvalue weighted by atomic mass is 16.2. The Labute approximate surface area is 134 Å². The van der Waals surface area contributed by atoms with Crippen LogP contribution in [0.15, 0.2) is 36.4 Å². The van der Waals surface area contributed by atoms with Gasteiger partial charge in [-0.05, 0) is 49.1 Å². The number of rotatable bonds is 2. The van der Waals surface area contributed by atoms with Crippen molar-refractivity contribution >= 4 is 23.3 Å². The predicted octanol–water partition coefficient (Wildman–Crippen LogP) is 2.45. The normalized spacial score (nSPS) is 39.4. The molecule has 23 heavy (non-hydrogen) atoms. The second-order valence-corrected chi connectivity index (χ2v) is 7.27. The van der Waals surface area contributed by atoms with E-state index < -0.39 is 0 Å². The number of carbonyl (C=O) groups excluding carboxylic acids is 3. The molecule has 116 valence electrons. The lowest BCUT2D eigenvalue weighted by Gasteiger charge is -2.37. The highest BCUT2D eigenvalue weighted by Crippen LogP contribution is 2.65. The Bertz CT molecular complexity index is 760. The number of Topliss-reactive ketones (excluding diaryl/α,β-unsaturated/α-hetero) is 1. The van der Waals surface area contributed by atoms with E-state index >= 15 is 0 Å². The van der Waals surface area contributed by atoms with Crippen molar-refractivity contribution in [3.8, 4) is 0 Å². The van der Waals surface area contributed by atoms with Gasteiger partial charge in [0.15, 0.2) is 5.78 Å². The van der Waals surface area contributed by atoms with Crippen molar-refractivity contribution in [2.24, 2.45) is 35.5 Å². The lowest BCUT2D eigenvalue weighted by molar-refractivity contribution is -0.124. The van der Waals surface area contributed by atoms with Gasteiger partial charge in [-0.1, -0.05) is 24.3 Å². The molecule has 1 aromatic carbocycles. The second kappa shape index (κ2) is 4.19. The quantitative estimate of drug-likeness (QED) is 0.479. The van der Waals surface area contributed by atoms with E-state index in [1.807, 2.05) is 0 Å². The van der Waals surface area contributed by atoms with Crippen molar-refractivity contribution in [2.75, 3.05) is 4.90 Å². The van der Waals surface area contributed by atoms with Crippen LogP contribution in [0.2, 0.25) is 0 Å². The molecule has 4 heteroatoms. The van der Waals surface area contributed by atoms with Gasteiger partial charge in [-0.15, -0.1) is 0 Å². The summed E-state index contributed by atoms with van der Waals surface area (Å²) in [5, 5.41) is 0. The number of hydrogen-bond donors (Lipinski definition) is 0. The van der Waals surface area contributed by atoms with E-state index in [4.69, 9.17) is 0 Å². The van der Waals surface area contributed by atoms with Crippen LogP contribution in [-0.2, 0) is 9.59 Å². The van der Waals surface area contributed by atoms with Crippen LogP contribution >= 0.6 is 0 Å². The van der Waals surface area contributed by atoms with Crippen LogP contribution < -0.4 is 4.90 Å². The third-order valence-corrected chi connectivity index (χ3v) is 6.17. The number of imide groups is 1. The van der Waals surface area contributed by atoms with Crippen LogP contribution in [0, 0.1) is 35.5 Å². The van der Waals surface area contributed by atoms with Crippen LogP contribution in [0.25, 0.3) is 0 Å². The van der Waals surface area contributed by atoms with E-state index in [2.05, 4.69) is 12.2 Å². The number of ketones is 1. The van der Waals surface area contributed by atoms with Crippen molar-refractivity contribution in [3.63, 3.8) is 0 Å². The summed E-state index contributed by atoms with van der Waals surface area (Å²) in [6, 6.07) is 6.85. The number of allylic oxidation sites excluding steroid dienone is 2. The van der Waals surface area contributed by atoms with Crippen molar-refractivity contribution in [1.29, 1.82) is 0 Å². The minimum absolute atomic E-state index is 0.0636. The first-order valence-corrected chi connectivity index (χ1v) is 8.25. The maximum atomic E-state index is 13.0. The van der Waals surface area contributed by atoms with E-state index in [0.717, 1.165) is 6.42 Å². The standard InChI is InChI=1S/C19H17NO3/c1-9(21)10-3-2-4-11(7-10)20-18(22)16-12-5-6-13(15-8-14(12)15)17(16)19(20)23/h2-7,12-17H,8H2,1H3/t12-,13-,14-,15-,16+,17+/m1/s1. The summed E-state index contributed by atoms with van der Waals surface area (Å²) in [6.45, 7) is 1.49. The summed E-state index contributed by atoms with van der Waals surface area (Å²) < 4.78 is 0. The number of amides is 2. The Hall–Kier alpha value is -2.23. The van der Waals surface area contributed by atoms with Gasteiger partial charge in [0.1, 0.15) is 0 Å².